The van der Waals surface area contributed by atoms with Crippen LogP contribution >= 0.6 is 23.4 Å². The van der Waals surface area contributed by atoms with Gasteiger partial charge >= 0.3 is 0 Å². The maximum atomic E-state index is 6.68. The number of nitrogens with zero attached hydrogens (tertiary/aromatic N) is 4. The maximum absolute atomic E-state index is 6.68. The molecule has 154 valence electrons. The quantitative estimate of drug-likeness (QED) is 0.635. The van der Waals surface area contributed by atoms with E-state index in [1.807, 2.05) is 12.3 Å². The summed E-state index contributed by atoms with van der Waals surface area (Å²) in [7, 11) is 0. The monoisotopic (exact) mass is 438 g/mol. The Kier molecular flexibility index (Phi) is 5.05. The highest BCUT2D eigenvalue weighted by atomic mass is 35.5. The Morgan fingerprint density at radius 3 is 2.60 bits per heavy atom. The van der Waals surface area contributed by atoms with Crippen LogP contribution in [0.25, 0.3) is 0 Å². The van der Waals surface area contributed by atoms with Gasteiger partial charge in [-0.15, -0.1) is 0 Å². The molecule has 3 aromatic rings. The van der Waals surface area contributed by atoms with Crippen LogP contribution in [-0.4, -0.2) is 28.0 Å². The van der Waals surface area contributed by atoms with Gasteiger partial charge in [0.2, 0.25) is 0 Å². The van der Waals surface area contributed by atoms with Crippen LogP contribution < -0.4 is 16.4 Å². The van der Waals surface area contributed by atoms with E-state index in [0.717, 1.165) is 48.1 Å². The second-order valence-corrected chi connectivity index (χ2v) is 9.47. The first-order chi connectivity index (χ1) is 14.6. The summed E-state index contributed by atoms with van der Waals surface area (Å²) >= 11 is 7.66. The number of hydrogen-bond donors (Lipinski definition) is 2. The number of aromatic nitrogens is 3. The number of nitrogen functional groups attached to an aromatic ring is 1. The van der Waals surface area contributed by atoms with E-state index in [-0.39, 0.29) is 11.5 Å². The van der Waals surface area contributed by atoms with Crippen molar-refractivity contribution in [1.82, 2.24) is 15.0 Å². The smallest absolute Gasteiger partial charge is 0.147 e. The summed E-state index contributed by atoms with van der Waals surface area (Å²) in [5.74, 6) is 1.22. The molecule has 1 aliphatic heterocycles. The number of anilines is 2. The summed E-state index contributed by atoms with van der Waals surface area (Å²) in [4.78, 5) is 16.3. The molecule has 30 heavy (non-hydrogen) atoms. The van der Waals surface area contributed by atoms with E-state index in [1.54, 1.807) is 12.4 Å². The topological polar surface area (TPSA) is 94.0 Å². The summed E-state index contributed by atoms with van der Waals surface area (Å²) in [6.07, 6.45) is 8.46. The molecule has 4 N–H and O–H groups in total. The predicted octanol–water partition coefficient (Wildman–Crippen LogP) is 4.10. The summed E-state index contributed by atoms with van der Waals surface area (Å²) in [6.45, 7) is 1.88. The van der Waals surface area contributed by atoms with Crippen LogP contribution in [0.15, 0.2) is 58.8 Å². The first-order valence-corrected chi connectivity index (χ1v) is 11.2. The zero-order valence-electron chi connectivity index (χ0n) is 16.5. The minimum absolute atomic E-state index is 0.123. The lowest BCUT2D eigenvalue weighted by atomic mass is 9.73. The van der Waals surface area contributed by atoms with Gasteiger partial charge in [0.25, 0.3) is 0 Å². The number of halogens is 1. The zero-order valence-corrected chi connectivity index (χ0v) is 18.0. The Morgan fingerprint density at radius 1 is 1.07 bits per heavy atom. The van der Waals surface area contributed by atoms with Crippen molar-refractivity contribution in [3.05, 3.63) is 65.1 Å². The van der Waals surface area contributed by atoms with Gasteiger partial charge < -0.3 is 16.4 Å². The Balaban J connectivity index is 1.26. The summed E-state index contributed by atoms with van der Waals surface area (Å²) in [5.41, 5.74) is 15.4. The Bertz CT molecular complexity index is 1070. The number of piperidine rings is 1. The van der Waals surface area contributed by atoms with E-state index < -0.39 is 0 Å². The van der Waals surface area contributed by atoms with Gasteiger partial charge in [-0.1, -0.05) is 47.6 Å². The largest absolute Gasteiger partial charge is 0.382 e. The molecule has 1 aliphatic carbocycles. The highest BCUT2D eigenvalue weighted by Gasteiger charge is 2.45. The average molecular weight is 439 g/mol. The Hall–Kier alpha value is -2.35. The van der Waals surface area contributed by atoms with E-state index in [0.29, 0.717) is 10.8 Å². The maximum Gasteiger partial charge on any atom is 0.147 e. The molecular formula is C22H23ClN6S. The number of hydrogen-bond acceptors (Lipinski definition) is 7. The van der Waals surface area contributed by atoms with Crippen LogP contribution in [0.4, 0.5) is 11.6 Å². The van der Waals surface area contributed by atoms with Crippen molar-refractivity contribution in [2.24, 2.45) is 11.1 Å². The molecule has 1 fully saturated rings. The third kappa shape index (κ3) is 3.41. The fourth-order valence-electron chi connectivity index (χ4n) is 4.64. The first kappa shape index (κ1) is 19.6. The number of rotatable bonds is 3. The van der Waals surface area contributed by atoms with Gasteiger partial charge in [-0.2, -0.15) is 0 Å². The molecule has 0 saturated carbocycles. The van der Waals surface area contributed by atoms with Crippen molar-refractivity contribution in [3.8, 4) is 0 Å². The summed E-state index contributed by atoms with van der Waals surface area (Å²) in [6, 6.07) is 10.6. The fourth-order valence-corrected chi connectivity index (χ4v) is 5.63. The Labute approximate surface area is 185 Å². The molecule has 5 rings (SSSR count). The van der Waals surface area contributed by atoms with Crippen molar-refractivity contribution in [2.75, 3.05) is 23.7 Å². The summed E-state index contributed by atoms with van der Waals surface area (Å²) in [5, 5.41) is 1.22. The van der Waals surface area contributed by atoms with E-state index in [1.165, 1.54) is 22.9 Å². The minimum Gasteiger partial charge on any atom is -0.382 e. The van der Waals surface area contributed by atoms with Gasteiger partial charge in [0, 0.05) is 30.2 Å². The first-order valence-electron chi connectivity index (χ1n) is 10.0. The molecule has 1 saturated heterocycles. The molecule has 0 unspecified atom stereocenters. The van der Waals surface area contributed by atoms with Crippen molar-refractivity contribution in [2.45, 2.75) is 35.2 Å². The highest BCUT2D eigenvalue weighted by Crippen LogP contribution is 2.50. The second kappa shape index (κ2) is 7.72. The van der Waals surface area contributed by atoms with Gasteiger partial charge in [-0.3, -0.25) is 0 Å². The van der Waals surface area contributed by atoms with Gasteiger partial charge in [0.05, 0.1) is 17.4 Å². The SMILES string of the molecule is Nc1nccc(Sc2cnc(N3CCC4(CC3)Cc3ccccc3[C@H]4N)cn2)c1Cl. The van der Waals surface area contributed by atoms with Crippen LogP contribution in [0, 0.1) is 5.41 Å². The van der Waals surface area contributed by atoms with E-state index in [4.69, 9.17) is 23.1 Å². The van der Waals surface area contributed by atoms with Crippen molar-refractivity contribution < 1.29 is 0 Å². The molecule has 0 bridgehead atoms. The normalized spacial score (nSPS) is 19.8. The summed E-state index contributed by atoms with van der Waals surface area (Å²) < 4.78 is 0. The number of benzene rings is 1. The van der Waals surface area contributed by atoms with Crippen LogP contribution in [0.5, 0.6) is 0 Å². The standard InChI is InChI=1S/C22H23ClN6S/c23-19-16(5-8-26-21(19)25)30-18-13-27-17(12-28-18)29-9-6-22(7-10-29)11-14-3-1-2-4-15(14)20(22)24/h1-5,8,12-13,20H,6-7,9-11,24H2,(H2,25,26)/t20-/m1/s1. The minimum atomic E-state index is 0.123. The molecule has 2 aliphatic rings. The molecule has 1 aromatic carbocycles. The molecular weight excluding hydrogens is 416 g/mol. The number of nitrogens with two attached hydrogens (primary N) is 2. The fraction of sp³-hybridized carbons (Fsp3) is 0.318. The number of fused-ring (bicyclic) bond motifs is 1. The second-order valence-electron chi connectivity index (χ2n) is 8.03. The van der Waals surface area contributed by atoms with Crippen molar-refractivity contribution in [3.63, 3.8) is 0 Å². The van der Waals surface area contributed by atoms with Crippen LogP contribution in [0.2, 0.25) is 5.02 Å². The molecule has 8 heteroatoms. The Morgan fingerprint density at radius 2 is 1.87 bits per heavy atom. The van der Waals surface area contributed by atoms with Crippen LogP contribution in [-0.2, 0) is 6.42 Å². The molecule has 1 atom stereocenters. The molecule has 3 heterocycles. The van der Waals surface area contributed by atoms with E-state index >= 15 is 0 Å². The van der Waals surface area contributed by atoms with Crippen LogP contribution in [0.3, 0.4) is 0 Å². The predicted molar refractivity (Wildman–Crippen MR) is 121 cm³/mol. The highest BCUT2D eigenvalue weighted by molar-refractivity contribution is 7.99. The molecule has 6 nitrogen and oxygen atoms in total. The number of pyridine rings is 1. The third-order valence-electron chi connectivity index (χ3n) is 6.39. The van der Waals surface area contributed by atoms with Crippen molar-refractivity contribution >= 4 is 35.0 Å². The van der Waals surface area contributed by atoms with Gasteiger partial charge in [0.1, 0.15) is 16.7 Å². The van der Waals surface area contributed by atoms with E-state index in [2.05, 4.69) is 44.1 Å². The zero-order chi connectivity index (χ0) is 20.7. The van der Waals surface area contributed by atoms with Gasteiger partial charge in [-0.25, -0.2) is 15.0 Å². The third-order valence-corrected chi connectivity index (χ3v) is 7.87. The molecule has 0 radical (unpaired) electrons. The molecule has 2 aromatic heterocycles. The average Bonchev–Trinajstić information content (AvgIpc) is 3.04. The van der Waals surface area contributed by atoms with E-state index in [9.17, 15) is 0 Å². The van der Waals surface area contributed by atoms with Crippen LogP contribution in [0.1, 0.15) is 30.0 Å². The molecule has 1 spiro atoms. The lowest BCUT2D eigenvalue weighted by Gasteiger charge is -2.42. The van der Waals surface area contributed by atoms with Gasteiger partial charge in [0.15, 0.2) is 0 Å². The molecule has 0 amide bonds. The lowest BCUT2D eigenvalue weighted by Crippen LogP contribution is -2.44. The lowest BCUT2D eigenvalue weighted by molar-refractivity contribution is 0.187. The van der Waals surface area contributed by atoms with Crippen molar-refractivity contribution in [1.29, 1.82) is 0 Å². The van der Waals surface area contributed by atoms with Gasteiger partial charge in [-0.05, 0) is 41.9 Å².